The van der Waals surface area contributed by atoms with E-state index < -0.39 is 17.6 Å². The lowest BCUT2D eigenvalue weighted by molar-refractivity contribution is -0.137. The van der Waals surface area contributed by atoms with Gasteiger partial charge < -0.3 is 20.3 Å². The topological polar surface area (TPSA) is 70.7 Å². The maximum absolute atomic E-state index is 13.2. The number of alkyl halides is 3. The molecule has 2 aromatic carbocycles. The van der Waals surface area contributed by atoms with Crippen LogP contribution < -0.4 is 15.5 Å². The number of halogens is 3. The summed E-state index contributed by atoms with van der Waals surface area (Å²) in [5.74, 6) is -0.703. The molecule has 0 atom stereocenters. The highest BCUT2D eigenvalue weighted by Gasteiger charge is 2.32. The second-order valence-electron chi connectivity index (χ2n) is 6.88. The summed E-state index contributed by atoms with van der Waals surface area (Å²) in [6.45, 7) is 1.95. The van der Waals surface area contributed by atoms with Crippen LogP contribution in [-0.4, -0.2) is 38.1 Å². The van der Waals surface area contributed by atoms with E-state index in [1.807, 2.05) is 4.90 Å². The summed E-state index contributed by atoms with van der Waals surface area (Å²) in [6.07, 6.45) is -4.36. The molecule has 152 valence electrons. The Morgan fingerprint density at radius 2 is 1.86 bits per heavy atom. The van der Waals surface area contributed by atoms with Crippen molar-refractivity contribution in [3.63, 3.8) is 0 Å². The van der Waals surface area contributed by atoms with E-state index in [0.29, 0.717) is 43.2 Å². The van der Waals surface area contributed by atoms with Gasteiger partial charge in [0.25, 0.3) is 5.91 Å². The second-order valence-corrected chi connectivity index (χ2v) is 6.88. The largest absolute Gasteiger partial charge is 0.416 e. The number of ether oxygens (including phenoxy) is 1. The van der Waals surface area contributed by atoms with E-state index in [2.05, 4.69) is 10.6 Å². The van der Waals surface area contributed by atoms with Gasteiger partial charge in [-0.3, -0.25) is 9.59 Å². The molecule has 9 heteroatoms. The van der Waals surface area contributed by atoms with Gasteiger partial charge in [-0.1, -0.05) is 0 Å². The Balaban J connectivity index is 1.64. The summed E-state index contributed by atoms with van der Waals surface area (Å²) in [7, 11) is 0. The predicted molar refractivity (Wildman–Crippen MR) is 101 cm³/mol. The molecule has 6 nitrogen and oxygen atoms in total. The van der Waals surface area contributed by atoms with Crippen LogP contribution in [0.25, 0.3) is 0 Å². The van der Waals surface area contributed by atoms with E-state index >= 15 is 0 Å². The van der Waals surface area contributed by atoms with Crippen molar-refractivity contribution >= 4 is 28.9 Å². The standard InChI is InChI=1S/C20H18F3N3O3/c21-20(22,23)14-2-4-17(26-5-7-29-8-6-26)16(11-14)25-19(28)12-1-3-15-13(9-12)10-18(27)24-15/h1-4,9,11H,5-8,10H2,(H,24,27)(H,25,28). The average molecular weight is 405 g/mol. The monoisotopic (exact) mass is 405 g/mol. The normalized spacial score (nSPS) is 16.4. The zero-order valence-electron chi connectivity index (χ0n) is 15.3. The number of morpholine rings is 1. The summed E-state index contributed by atoms with van der Waals surface area (Å²) < 4.78 is 44.9. The average Bonchev–Trinajstić information content (AvgIpc) is 3.07. The fourth-order valence-corrected chi connectivity index (χ4v) is 3.46. The summed E-state index contributed by atoms with van der Waals surface area (Å²) in [5, 5.41) is 5.29. The molecule has 2 aliphatic heterocycles. The number of hydrogen-bond acceptors (Lipinski definition) is 4. The summed E-state index contributed by atoms with van der Waals surface area (Å²) in [6, 6.07) is 8.04. The molecule has 2 N–H and O–H groups in total. The lowest BCUT2D eigenvalue weighted by Crippen LogP contribution is -2.36. The number of anilines is 3. The molecule has 0 radical (unpaired) electrons. The number of carbonyl (C=O) groups is 2. The van der Waals surface area contributed by atoms with Crippen molar-refractivity contribution in [2.75, 3.05) is 41.8 Å². The number of hydrogen-bond donors (Lipinski definition) is 2. The highest BCUT2D eigenvalue weighted by molar-refractivity contribution is 6.07. The van der Waals surface area contributed by atoms with E-state index in [1.165, 1.54) is 12.1 Å². The molecule has 2 amide bonds. The molecule has 4 rings (SSSR count). The first-order valence-electron chi connectivity index (χ1n) is 9.09. The Bertz CT molecular complexity index is 969. The van der Waals surface area contributed by atoms with Gasteiger partial charge >= 0.3 is 6.18 Å². The minimum atomic E-state index is -4.53. The number of carbonyl (C=O) groups excluding carboxylic acids is 2. The number of fused-ring (bicyclic) bond motifs is 1. The SMILES string of the molecule is O=C1Cc2cc(C(=O)Nc3cc(C(F)(F)F)ccc3N3CCOCC3)ccc2N1. The zero-order chi connectivity index (χ0) is 20.6. The van der Waals surface area contributed by atoms with Gasteiger partial charge in [-0.2, -0.15) is 13.2 Å². The van der Waals surface area contributed by atoms with Crippen molar-refractivity contribution in [1.29, 1.82) is 0 Å². The van der Waals surface area contributed by atoms with Gasteiger partial charge in [0, 0.05) is 24.3 Å². The number of rotatable bonds is 3. The second kappa shape index (κ2) is 7.40. The van der Waals surface area contributed by atoms with Gasteiger partial charge in [-0.25, -0.2) is 0 Å². The molecule has 2 heterocycles. The number of nitrogens with zero attached hydrogens (tertiary/aromatic N) is 1. The third-order valence-electron chi connectivity index (χ3n) is 4.92. The first kappa shape index (κ1) is 19.3. The fraction of sp³-hybridized carbons (Fsp3) is 0.300. The Morgan fingerprint density at radius 1 is 1.10 bits per heavy atom. The highest BCUT2D eigenvalue weighted by atomic mass is 19.4. The Morgan fingerprint density at radius 3 is 2.59 bits per heavy atom. The Hall–Kier alpha value is -3.07. The molecule has 0 aliphatic carbocycles. The Kier molecular flexibility index (Phi) is 4.91. The molecule has 0 spiro atoms. The van der Waals surface area contributed by atoms with Crippen LogP contribution >= 0.6 is 0 Å². The van der Waals surface area contributed by atoms with Gasteiger partial charge in [0.05, 0.1) is 36.6 Å². The molecule has 1 fully saturated rings. The highest BCUT2D eigenvalue weighted by Crippen LogP contribution is 2.36. The van der Waals surface area contributed by atoms with Crippen molar-refractivity contribution in [1.82, 2.24) is 0 Å². The molecule has 29 heavy (non-hydrogen) atoms. The van der Waals surface area contributed by atoms with Crippen LogP contribution in [0.4, 0.5) is 30.2 Å². The molecular weight excluding hydrogens is 387 g/mol. The minimum absolute atomic E-state index is 0.0847. The minimum Gasteiger partial charge on any atom is -0.378 e. The first-order valence-corrected chi connectivity index (χ1v) is 9.09. The van der Waals surface area contributed by atoms with Crippen LogP contribution in [0.5, 0.6) is 0 Å². The van der Waals surface area contributed by atoms with Gasteiger partial charge in [-0.15, -0.1) is 0 Å². The smallest absolute Gasteiger partial charge is 0.378 e. The van der Waals surface area contributed by atoms with Crippen molar-refractivity contribution in [2.45, 2.75) is 12.6 Å². The van der Waals surface area contributed by atoms with Crippen molar-refractivity contribution in [2.24, 2.45) is 0 Å². The van der Waals surface area contributed by atoms with Crippen LogP contribution in [0.15, 0.2) is 36.4 Å². The van der Waals surface area contributed by atoms with Gasteiger partial charge in [0.15, 0.2) is 0 Å². The van der Waals surface area contributed by atoms with Crippen molar-refractivity contribution in [3.05, 3.63) is 53.1 Å². The van der Waals surface area contributed by atoms with Crippen LogP contribution in [0, 0.1) is 0 Å². The van der Waals surface area contributed by atoms with E-state index in [1.54, 1.807) is 12.1 Å². The molecular formula is C20H18F3N3O3. The van der Waals surface area contributed by atoms with E-state index in [9.17, 15) is 22.8 Å². The van der Waals surface area contributed by atoms with E-state index in [0.717, 1.165) is 12.1 Å². The van der Waals surface area contributed by atoms with Crippen molar-refractivity contribution < 1.29 is 27.5 Å². The number of benzene rings is 2. The zero-order valence-corrected chi connectivity index (χ0v) is 15.3. The maximum Gasteiger partial charge on any atom is 0.416 e. The molecule has 2 aliphatic rings. The third-order valence-corrected chi connectivity index (χ3v) is 4.92. The maximum atomic E-state index is 13.2. The Labute approximate surface area is 164 Å². The van der Waals surface area contributed by atoms with E-state index in [-0.39, 0.29) is 23.6 Å². The quantitative estimate of drug-likeness (QED) is 0.822. The van der Waals surface area contributed by atoms with E-state index in [4.69, 9.17) is 4.74 Å². The van der Waals surface area contributed by atoms with Crippen LogP contribution in [0.3, 0.4) is 0 Å². The molecule has 0 unspecified atom stereocenters. The molecule has 1 saturated heterocycles. The van der Waals surface area contributed by atoms with Gasteiger partial charge in [-0.05, 0) is 42.0 Å². The third kappa shape index (κ3) is 4.04. The van der Waals surface area contributed by atoms with Crippen LogP contribution in [0.1, 0.15) is 21.5 Å². The lowest BCUT2D eigenvalue weighted by Gasteiger charge is -2.31. The molecule has 2 aromatic rings. The fourth-order valence-electron chi connectivity index (χ4n) is 3.46. The summed E-state index contributed by atoms with van der Waals surface area (Å²) >= 11 is 0. The summed E-state index contributed by atoms with van der Waals surface area (Å²) in [5.41, 5.74) is 1.34. The molecule has 0 bridgehead atoms. The number of nitrogens with one attached hydrogen (secondary N) is 2. The molecule has 0 saturated carbocycles. The van der Waals surface area contributed by atoms with Crippen LogP contribution in [0.2, 0.25) is 0 Å². The van der Waals surface area contributed by atoms with Gasteiger partial charge in [0.1, 0.15) is 0 Å². The van der Waals surface area contributed by atoms with Gasteiger partial charge in [0.2, 0.25) is 5.91 Å². The first-order chi connectivity index (χ1) is 13.8. The lowest BCUT2D eigenvalue weighted by atomic mass is 10.1. The van der Waals surface area contributed by atoms with Crippen LogP contribution in [-0.2, 0) is 22.1 Å². The predicted octanol–water partition coefficient (Wildman–Crippen LogP) is 3.29. The molecule has 0 aromatic heterocycles. The summed E-state index contributed by atoms with van der Waals surface area (Å²) in [4.78, 5) is 26.1. The number of amides is 2. The van der Waals surface area contributed by atoms with Crippen molar-refractivity contribution in [3.8, 4) is 0 Å².